The zero-order valence-corrected chi connectivity index (χ0v) is 15.0. The van der Waals surface area contributed by atoms with E-state index in [-0.39, 0.29) is 5.12 Å². The summed E-state index contributed by atoms with van der Waals surface area (Å²) in [4.78, 5) is 27.8. The molecule has 1 aromatic carbocycles. The first kappa shape index (κ1) is 18.4. The van der Waals surface area contributed by atoms with Gasteiger partial charge in [0.1, 0.15) is 10.1 Å². The molecule has 0 radical (unpaired) electrons. The molecular weight excluding hydrogens is 346 g/mol. The second-order valence-corrected chi connectivity index (χ2v) is 6.83. The van der Waals surface area contributed by atoms with E-state index in [1.165, 1.54) is 18.7 Å². The monoisotopic (exact) mass is 363 g/mol. The van der Waals surface area contributed by atoms with Gasteiger partial charge in [-0.2, -0.15) is 0 Å². The second-order valence-electron chi connectivity index (χ2n) is 4.60. The molecule has 0 spiro atoms. The number of hydrogen-bond donors (Lipinski definition) is 0. The van der Waals surface area contributed by atoms with Crippen LogP contribution in [0.5, 0.6) is 11.5 Å². The van der Waals surface area contributed by atoms with Crippen molar-refractivity contribution in [2.45, 2.75) is 13.8 Å². The highest BCUT2D eigenvalue weighted by atomic mass is 32.2. The Hall–Kier alpha value is -1.99. The van der Waals surface area contributed by atoms with Gasteiger partial charge in [-0.05, 0) is 30.8 Å². The highest BCUT2D eigenvalue weighted by Gasteiger charge is 2.23. The summed E-state index contributed by atoms with van der Waals surface area (Å²) in [7, 11) is 0. The highest BCUT2D eigenvalue weighted by molar-refractivity contribution is 8.45. The molecule has 7 heteroatoms. The molecule has 1 aliphatic rings. The van der Waals surface area contributed by atoms with Gasteiger partial charge in [0, 0.05) is 18.2 Å². The summed E-state index contributed by atoms with van der Waals surface area (Å²) in [6.07, 6.45) is 3.36. The number of benzene rings is 1. The van der Waals surface area contributed by atoms with Gasteiger partial charge in [0.25, 0.3) is 0 Å². The normalized spacial score (nSPS) is 15.3. The van der Waals surface area contributed by atoms with Crippen LogP contribution in [0.1, 0.15) is 19.4 Å². The van der Waals surface area contributed by atoms with Crippen molar-refractivity contribution >= 4 is 45.1 Å². The van der Waals surface area contributed by atoms with Gasteiger partial charge in [-0.15, -0.1) is 6.58 Å². The first-order chi connectivity index (χ1) is 11.5. The van der Waals surface area contributed by atoms with E-state index in [4.69, 9.17) is 9.47 Å². The second kappa shape index (κ2) is 8.75. The standard InChI is InChI=1S/C17H17NO4S2/c1-4-9-23-17-18-13(16(20)24-17)10-12-7-6-8-14(21-5-2)15(12)22-11(3)19/h4,6-8,10H,1,5,9H2,2-3H3/b13-10-. The summed E-state index contributed by atoms with van der Waals surface area (Å²) < 4.78 is 11.5. The lowest BCUT2D eigenvalue weighted by atomic mass is 10.1. The molecule has 1 aromatic rings. The fourth-order valence-corrected chi connectivity index (χ4v) is 3.50. The van der Waals surface area contributed by atoms with Gasteiger partial charge >= 0.3 is 5.97 Å². The lowest BCUT2D eigenvalue weighted by molar-refractivity contribution is -0.132. The van der Waals surface area contributed by atoms with Crippen molar-refractivity contribution in [2.75, 3.05) is 12.4 Å². The molecule has 2 rings (SSSR count). The van der Waals surface area contributed by atoms with Gasteiger partial charge in [-0.25, -0.2) is 4.99 Å². The molecule has 0 N–H and O–H groups in total. The minimum Gasteiger partial charge on any atom is -0.490 e. The number of hydrogen-bond acceptors (Lipinski definition) is 7. The minimum absolute atomic E-state index is 0.142. The van der Waals surface area contributed by atoms with Crippen LogP contribution in [0, 0.1) is 0 Å². The molecule has 5 nitrogen and oxygen atoms in total. The van der Waals surface area contributed by atoms with Gasteiger partial charge < -0.3 is 9.47 Å². The van der Waals surface area contributed by atoms with Crippen LogP contribution in [0.25, 0.3) is 6.08 Å². The Morgan fingerprint density at radius 2 is 2.25 bits per heavy atom. The number of aliphatic imine (C=N–C) groups is 1. The average molecular weight is 363 g/mol. The SMILES string of the molecule is C=CCSC1=N/C(=C\c2cccc(OCC)c2OC(C)=O)C(=O)S1. The first-order valence-corrected chi connectivity index (χ1v) is 9.05. The smallest absolute Gasteiger partial charge is 0.308 e. The zero-order valence-electron chi connectivity index (χ0n) is 13.4. The van der Waals surface area contributed by atoms with Crippen LogP contribution in [-0.4, -0.2) is 27.8 Å². The predicted molar refractivity (Wildman–Crippen MR) is 99.6 cm³/mol. The maximum Gasteiger partial charge on any atom is 0.308 e. The van der Waals surface area contributed by atoms with Crippen molar-refractivity contribution in [3.8, 4) is 11.5 Å². The van der Waals surface area contributed by atoms with E-state index in [1.54, 1.807) is 30.4 Å². The Kier molecular flexibility index (Phi) is 6.69. The van der Waals surface area contributed by atoms with Crippen LogP contribution in [-0.2, 0) is 9.59 Å². The predicted octanol–water partition coefficient (Wildman–Crippen LogP) is 3.90. The fourth-order valence-electron chi connectivity index (χ4n) is 1.90. The largest absolute Gasteiger partial charge is 0.490 e. The van der Waals surface area contributed by atoms with E-state index in [9.17, 15) is 9.59 Å². The van der Waals surface area contributed by atoms with Gasteiger partial charge in [0.05, 0.1) is 6.61 Å². The van der Waals surface area contributed by atoms with Crippen LogP contribution in [0.15, 0.2) is 41.5 Å². The number of esters is 1. The van der Waals surface area contributed by atoms with Crippen LogP contribution in [0.4, 0.5) is 0 Å². The third-order valence-electron chi connectivity index (χ3n) is 2.77. The molecule has 0 amide bonds. The Labute approximate surface area is 149 Å². The van der Waals surface area contributed by atoms with Gasteiger partial charge in [-0.3, -0.25) is 9.59 Å². The van der Waals surface area contributed by atoms with Crippen molar-refractivity contribution in [2.24, 2.45) is 4.99 Å². The molecule has 0 atom stereocenters. The third-order valence-corrected chi connectivity index (χ3v) is 4.78. The Balaban J connectivity index is 2.38. The van der Waals surface area contributed by atoms with Crippen molar-refractivity contribution in [3.63, 3.8) is 0 Å². The Morgan fingerprint density at radius 1 is 1.46 bits per heavy atom. The van der Waals surface area contributed by atoms with E-state index in [0.717, 1.165) is 11.8 Å². The summed E-state index contributed by atoms with van der Waals surface area (Å²) in [5, 5.41) is -0.142. The number of rotatable bonds is 6. The molecule has 0 saturated heterocycles. The molecule has 0 aromatic heterocycles. The average Bonchev–Trinajstić information content (AvgIpc) is 2.88. The van der Waals surface area contributed by atoms with E-state index in [2.05, 4.69) is 11.6 Å². The lowest BCUT2D eigenvalue weighted by Gasteiger charge is -2.12. The maximum absolute atomic E-state index is 12.1. The molecule has 0 unspecified atom stereocenters. The number of nitrogens with zero attached hydrogens (tertiary/aromatic N) is 1. The first-order valence-electron chi connectivity index (χ1n) is 7.25. The fraction of sp³-hybridized carbons (Fsp3) is 0.235. The van der Waals surface area contributed by atoms with Crippen LogP contribution in [0.2, 0.25) is 0 Å². The van der Waals surface area contributed by atoms with Crippen molar-refractivity contribution in [1.29, 1.82) is 0 Å². The number of thioether (sulfide) groups is 2. The van der Waals surface area contributed by atoms with Crippen LogP contribution < -0.4 is 9.47 Å². The number of para-hydroxylation sites is 1. The molecule has 126 valence electrons. The lowest BCUT2D eigenvalue weighted by Crippen LogP contribution is -2.05. The summed E-state index contributed by atoms with van der Waals surface area (Å²) in [5.74, 6) is 0.967. The summed E-state index contributed by atoms with van der Waals surface area (Å²) in [5.41, 5.74) is 0.882. The van der Waals surface area contributed by atoms with Crippen LogP contribution >= 0.6 is 23.5 Å². The molecule has 24 heavy (non-hydrogen) atoms. The summed E-state index contributed by atoms with van der Waals surface area (Å²) in [6.45, 7) is 7.24. The van der Waals surface area contributed by atoms with Gasteiger partial charge in [-0.1, -0.05) is 30.0 Å². The zero-order chi connectivity index (χ0) is 17.5. The number of ether oxygens (including phenoxy) is 2. The Morgan fingerprint density at radius 3 is 2.92 bits per heavy atom. The molecule has 0 bridgehead atoms. The van der Waals surface area contributed by atoms with Crippen molar-refractivity contribution in [1.82, 2.24) is 0 Å². The summed E-state index contributed by atoms with van der Waals surface area (Å²) >= 11 is 2.54. The van der Waals surface area contributed by atoms with Gasteiger partial charge in [0.15, 0.2) is 11.5 Å². The molecule has 1 heterocycles. The van der Waals surface area contributed by atoms with E-state index >= 15 is 0 Å². The van der Waals surface area contributed by atoms with E-state index in [0.29, 0.717) is 39.5 Å². The number of carbonyl (C=O) groups is 2. The molecule has 1 aliphatic heterocycles. The summed E-state index contributed by atoms with van der Waals surface area (Å²) in [6, 6.07) is 5.23. The Bertz CT molecular complexity index is 725. The highest BCUT2D eigenvalue weighted by Crippen LogP contribution is 2.36. The molecular formula is C17H17NO4S2. The van der Waals surface area contributed by atoms with E-state index < -0.39 is 5.97 Å². The third kappa shape index (κ3) is 4.75. The quantitative estimate of drug-likeness (QED) is 0.331. The minimum atomic E-state index is -0.459. The molecule has 0 saturated carbocycles. The topological polar surface area (TPSA) is 65.0 Å². The number of carbonyl (C=O) groups excluding carboxylic acids is 2. The van der Waals surface area contributed by atoms with Gasteiger partial charge in [0.2, 0.25) is 5.12 Å². The van der Waals surface area contributed by atoms with Crippen LogP contribution in [0.3, 0.4) is 0 Å². The van der Waals surface area contributed by atoms with Crippen molar-refractivity contribution < 1.29 is 19.1 Å². The van der Waals surface area contributed by atoms with Crippen molar-refractivity contribution in [3.05, 3.63) is 42.1 Å². The molecule has 0 fully saturated rings. The maximum atomic E-state index is 12.1. The molecule has 0 aliphatic carbocycles. The van der Waals surface area contributed by atoms with E-state index in [1.807, 2.05) is 6.92 Å².